The van der Waals surface area contributed by atoms with E-state index in [1.165, 1.54) is 12.8 Å². The van der Waals surface area contributed by atoms with Crippen LogP contribution in [0.5, 0.6) is 11.5 Å². The molecule has 5 aliphatic heterocycles. The van der Waals surface area contributed by atoms with Crippen molar-refractivity contribution >= 4 is 34.0 Å². The normalized spacial score (nSPS) is 17.0. The van der Waals surface area contributed by atoms with Gasteiger partial charge in [-0.05, 0) is 124 Å². The van der Waals surface area contributed by atoms with Crippen molar-refractivity contribution in [3.63, 3.8) is 0 Å². The van der Waals surface area contributed by atoms with Crippen molar-refractivity contribution in [1.82, 2.24) is 9.80 Å². The minimum absolute atomic E-state index is 0.685. The van der Waals surface area contributed by atoms with Crippen LogP contribution in [0, 0.1) is 0 Å². The lowest BCUT2D eigenvalue weighted by Crippen LogP contribution is -2.42. The van der Waals surface area contributed by atoms with E-state index in [0.29, 0.717) is 13.2 Å². The highest BCUT2D eigenvalue weighted by atomic mass is 16.5. The average Bonchev–Trinajstić information content (AvgIpc) is 4.07. The molecule has 0 N–H and O–H groups in total. The Morgan fingerprint density at radius 1 is 0.452 bits per heavy atom. The smallest absolute Gasteiger partial charge is 0.119 e. The maximum absolute atomic E-state index is 6.22. The van der Waals surface area contributed by atoms with Crippen LogP contribution in [0.25, 0.3) is 11.1 Å². The summed E-state index contributed by atoms with van der Waals surface area (Å²) < 4.78 is 14.4. The number of quaternary nitrogens is 2. The highest BCUT2D eigenvalue weighted by Gasteiger charge is 2.23. The molecule has 10 nitrogen and oxygen atoms in total. The van der Waals surface area contributed by atoms with Gasteiger partial charge in [-0.2, -0.15) is 0 Å². The van der Waals surface area contributed by atoms with E-state index >= 15 is 0 Å². The van der Waals surface area contributed by atoms with Gasteiger partial charge in [-0.3, -0.25) is 0 Å². The average molecular weight is 835 g/mol. The summed E-state index contributed by atoms with van der Waals surface area (Å²) in [6, 6.07) is 16.7. The Bertz CT molecular complexity index is 2170. The van der Waals surface area contributed by atoms with Crippen LogP contribution in [0.15, 0.2) is 152 Å². The molecule has 5 aliphatic rings. The number of rotatable bonds is 20. The lowest BCUT2D eigenvalue weighted by atomic mass is 9.98. The third-order valence-corrected chi connectivity index (χ3v) is 11.6. The van der Waals surface area contributed by atoms with E-state index in [2.05, 4.69) is 163 Å². The molecule has 2 aromatic rings. The Kier molecular flexibility index (Phi) is 14.4. The van der Waals surface area contributed by atoms with Crippen molar-refractivity contribution < 1.29 is 18.4 Å². The fourth-order valence-corrected chi connectivity index (χ4v) is 8.20. The van der Waals surface area contributed by atoms with E-state index in [1.54, 1.807) is 0 Å². The largest absolute Gasteiger partial charge is 0.493 e. The minimum atomic E-state index is 0.685. The number of ether oxygens (including phenoxy) is 2. The van der Waals surface area contributed by atoms with Crippen LogP contribution in [0.3, 0.4) is 0 Å². The summed E-state index contributed by atoms with van der Waals surface area (Å²) in [5, 5.41) is 0. The van der Waals surface area contributed by atoms with Crippen LogP contribution in [0.2, 0.25) is 0 Å². The molecule has 5 heterocycles. The van der Waals surface area contributed by atoms with Gasteiger partial charge >= 0.3 is 0 Å². The van der Waals surface area contributed by atoms with E-state index in [-0.39, 0.29) is 0 Å². The summed E-state index contributed by atoms with van der Waals surface area (Å²) in [4.78, 5) is 24.9. The predicted octanol–water partition coefficient (Wildman–Crippen LogP) is 8.23. The molecule has 0 fully saturated rings. The van der Waals surface area contributed by atoms with Crippen LogP contribution in [-0.4, -0.2) is 150 Å². The van der Waals surface area contributed by atoms with Gasteiger partial charge in [0.1, 0.15) is 11.5 Å². The first-order valence-corrected chi connectivity index (χ1v) is 22.2. The molecule has 62 heavy (non-hydrogen) atoms. The molecular formula is C52H66N8O2+2. The SMILES string of the molecule is CN(C)CCC[N+](C)(C)CCCOc1ccc(C2=C3C=CC(=N3)C=C3C=CC(=N3)C(c3ccc(OCCC[N+](C)(C)CCCN(C)C)cc3)=C3C=CC(=N3)C=C3C=CC2=N3)cc1. The van der Waals surface area contributed by atoms with Crippen molar-refractivity contribution in [2.45, 2.75) is 25.7 Å². The molecular weight excluding hydrogens is 769 g/mol. The first-order valence-electron chi connectivity index (χ1n) is 22.2. The zero-order chi connectivity index (χ0) is 43.7. The quantitative estimate of drug-likeness (QED) is 0.0996. The molecule has 0 spiro atoms. The van der Waals surface area contributed by atoms with Crippen LogP contribution >= 0.6 is 0 Å². The molecule has 0 unspecified atom stereocenters. The summed E-state index contributed by atoms with van der Waals surface area (Å²) in [6.07, 6.45) is 24.9. The maximum atomic E-state index is 6.22. The number of hydrogen-bond donors (Lipinski definition) is 0. The summed E-state index contributed by atoms with van der Waals surface area (Å²) in [7, 11) is 17.8. The first-order chi connectivity index (χ1) is 29.8. The standard InChI is InChI=1S/C52H66N8O2/c1-57(2)29-9-31-59(5,6)33-11-35-61-45-21-13-39(14-22-45)51-47-25-17-41(53-47)37-43-19-27-49(55-43)52(50-28-20-44(56-50)38-42-18-26-48(51)54-42)40-15-23-46(24-16-40)62-36-12-34-60(7,8)32-10-30-58(3)4/h13-28,37-38H,9-12,29-36H2,1-8H3/q+2. The van der Waals surface area contributed by atoms with Crippen LogP contribution in [0.1, 0.15) is 36.8 Å². The summed E-state index contributed by atoms with van der Waals surface area (Å²) >= 11 is 0. The molecule has 10 heteroatoms. The molecule has 7 rings (SSSR count). The van der Waals surface area contributed by atoms with Crippen molar-refractivity contribution in [3.8, 4) is 11.5 Å². The third kappa shape index (κ3) is 12.3. The van der Waals surface area contributed by atoms with Gasteiger partial charge in [-0.25, -0.2) is 20.0 Å². The second-order valence-electron chi connectivity index (χ2n) is 18.6. The topological polar surface area (TPSA) is 74.4 Å². The van der Waals surface area contributed by atoms with E-state index in [4.69, 9.17) is 29.4 Å². The van der Waals surface area contributed by atoms with E-state index < -0.39 is 0 Å². The highest BCUT2D eigenvalue weighted by molar-refractivity contribution is 6.34. The molecule has 0 radical (unpaired) electrons. The van der Waals surface area contributed by atoms with Gasteiger partial charge in [0.15, 0.2) is 0 Å². The van der Waals surface area contributed by atoms with Gasteiger partial charge in [-0.15, -0.1) is 0 Å². The molecule has 0 aliphatic carbocycles. The Balaban J connectivity index is 1.06. The van der Waals surface area contributed by atoms with Crippen LogP contribution in [-0.2, 0) is 0 Å². The van der Waals surface area contributed by atoms with E-state index in [0.717, 1.165) is 140 Å². The Morgan fingerprint density at radius 2 is 0.839 bits per heavy atom. The molecule has 324 valence electrons. The molecule has 0 atom stereocenters. The minimum Gasteiger partial charge on any atom is -0.493 e. The number of allylic oxidation sites excluding steroid dienone is 12. The molecule has 2 aromatic carbocycles. The molecule has 0 amide bonds. The van der Waals surface area contributed by atoms with Gasteiger partial charge in [0.05, 0.1) is 113 Å². The van der Waals surface area contributed by atoms with E-state index in [1.807, 2.05) is 12.2 Å². The summed E-state index contributed by atoms with van der Waals surface area (Å²) in [6.45, 7) is 8.08. The molecule has 8 bridgehead atoms. The Hall–Kier alpha value is -5.52. The monoisotopic (exact) mass is 835 g/mol. The number of nitrogens with zero attached hydrogens (tertiary/aromatic N) is 8. The lowest BCUT2D eigenvalue weighted by molar-refractivity contribution is -0.890. The van der Waals surface area contributed by atoms with Gasteiger partial charge in [0.25, 0.3) is 0 Å². The van der Waals surface area contributed by atoms with Crippen LogP contribution in [0.4, 0.5) is 0 Å². The number of benzene rings is 2. The fraction of sp³-hybridized carbons (Fsp3) is 0.385. The van der Waals surface area contributed by atoms with Gasteiger partial charge in [0, 0.05) is 49.9 Å². The van der Waals surface area contributed by atoms with E-state index in [9.17, 15) is 0 Å². The highest BCUT2D eigenvalue weighted by Crippen LogP contribution is 2.33. The van der Waals surface area contributed by atoms with Crippen molar-refractivity contribution in [3.05, 3.63) is 143 Å². The summed E-state index contributed by atoms with van der Waals surface area (Å²) in [5.41, 5.74) is 10.8. The third-order valence-electron chi connectivity index (χ3n) is 11.6. The van der Waals surface area contributed by atoms with Crippen molar-refractivity contribution in [1.29, 1.82) is 0 Å². The number of fused-ring (bicyclic) bond motifs is 4. The van der Waals surface area contributed by atoms with Crippen LogP contribution < -0.4 is 9.47 Å². The lowest BCUT2D eigenvalue weighted by Gasteiger charge is -2.30. The molecule has 0 aromatic heterocycles. The number of aliphatic imine (C=N–C) groups is 4. The maximum Gasteiger partial charge on any atom is 0.119 e. The van der Waals surface area contributed by atoms with Gasteiger partial charge in [-0.1, -0.05) is 24.3 Å². The van der Waals surface area contributed by atoms with Crippen molar-refractivity contribution in [2.75, 3.05) is 109 Å². The summed E-state index contributed by atoms with van der Waals surface area (Å²) in [5.74, 6) is 1.73. The first kappa shape index (κ1) is 44.5. The van der Waals surface area contributed by atoms with Crippen molar-refractivity contribution in [2.24, 2.45) is 20.0 Å². The second-order valence-corrected chi connectivity index (χ2v) is 18.6. The van der Waals surface area contributed by atoms with Gasteiger partial charge < -0.3 is 28.2 Å². The molecule has 0 saturated carbocycles. The number of hydrogen-bond acceptors (Lipinski definition) is 8. The Labute approximate surface area is 370 Å². The predicted molar refractivity (Wildman–Crippen MR) is 259 cm³/mol. The zero-order valence-corrected chi connectivity index (χ0v) is 38.3. The molecule has 0 saturated heterocycles. The fourth-order valence-electron chi connectivity index (χ4n) is 8.20. The van der Waals surface area contributed by atoms with Gasteiger partial charge in [0.2, 0.25) is 0 Å². The zero-order valence-electron chi connectivity index (χ0n) is 38.3. The Morgan fingerprint density at radius 3 is 1.23 bits per heavy atom. The second kappa shape index (κ2) is 20.1.